The van der Waals surface area contributed by atoms with E-state index in [1.54, 1.807) is 12.1 Å². The minimum atomic E-state index is -0.424. The van der Waals surface area contributed by atoms with Crippen molar-refractivity contribution in [2.75, 3.05) is 13.1 Å². The second-order valence-electron chi connectivity index (χ2n) is 4.20. The summed E-state index contributed by atoms with van der Waals surface area (Å²) in [6.45, 7) is 1.75. The maximum atomic E-state index is 10.7. The monoisotopic (exact) mass is 269 g/mol. The lowest BCUT2D eigenvalue weighted by Gasteiger charge is -2.28. The summed E-state index contributed by atoms with van der Waals surface area (Å²) >= 11 is 0. The average Bonchev–Trinajstić information content (AvgIpc) is 2.39. The van der Waals surface area contributed by atoms with E-state index in [4.69, 9.17) is 5.41 Å². The third-order valence-corrected chi connectivity index (χ3v) is 3.00. The molecule has 1 saturated heterocycles. The van der Waals surface area contributed by atoms with Crippen LogP contribution in [0.4, 0.5) is 5.69 Å². The molecule has 1 aliphatic rings. The molecule has 1 aliphatic heterocycles. The van der Waals surface area contributed by atoms with Gasteiger partial charge in [0.05, 0.1) is 4.92 Å². The number of nitro benzene ring substituents is 1. The van der Waals surface area contributed by atoms with Gasteiger partial charge in [0.25, 0.3) is 5.69 Å². The van der Waals surface area contributed by atoms with E-state index < -0.39 is 4.92 Å². The van der Waals surface area contributed by atoms with Crippen LogP contribution in [0, 0.1) is 15.5 Å². The van der Waals surface area contributed by atoms with Crippen LogP contribution in [0.15, 0.2) is 24.3 Å². The van der Waals surface area contributed by atoms with Crippen LogP contribution in [0.1, 0.15) is 24.8 Å². The van der Waals surface area contributed by atoms with E-state index in [0.29, 0.717) is 11.4 Å². The van der Waals surface area contributed by atoms with Gasteiger partial charge in [-0.25, -0.2) is 0 Å². The average molecular weight is 270 g/mol. The summed E-state index contributed by atoms with van der Waals surface area (Å²) in [5.41, 5.74) is 0.672. The van der Waals surface area contributed by atoms with Crippen molar-refractivity contribution in [1.29, 1.82) is 5.41 Å². The lowest BCUT2D eigenvalue weighted by Crippen LogP contribution is -2.35. The third-order valence-electron chi connectivity index (χ3n) is 3.00. The Balaban J connectivity index is 0.00000162. The molecule has 5 nitrogen and oxygen atoms in total. The van der Waals surface area contributed by atoms with Gasteiger partial charge in [-0.3, -0.25) is 15.5 Å². The second-order valence-corrected chi connectivity index (χ2v) is 4.20. The number of hydrogen-bond acceptors (Lipinski definition) is 3. The van der Waals surface area contributed by atoms with Crippen LogP contribution in [-0.4, -0.2) is 28.7 Å². The van der Waals surface area contributed by atoms with Gasteiger partial charge in [-0.15, -0.1) is 12.4 Å². The van der Waals surface area contributed by atoms with E-state index in [-0.39, 0.29) is 18.1 Å². The van der Waals surface area contributed by atoms with E-state index in [2.05, 4.69) is 0 Å². The summed E-state index contributed by atoms with van der Waals surface area (Å²) in [4.78, 5) is 12.2. The fraction of sp³-hybridized carbons (Fsp3) is 0.417. The fourth-order valence-electron chi connectivity index (χ4n) is 2.07. The van der Waals surface area contributed by atoms with Crippen molar-refractivity contribution in [3.63, 3.8) is 0 Å². The number of benzene rings is 1. The van der Waals surface area contributed by atoms with Gasteiger partial charge in [0, 0.05) is 30.8 Å². The van der Waals surface area contributed by atoms with Crippen LogP contribution >= 0.6 is 12.4 Å². The number of halogens is 1. The van der Waals surface area contributed by atoms with Gasteiger partial charge in [0.2, 0.25) is 0 Å². The van der Waals surface area contributed by atoms with Crippen molar-refractivity contribution in [2.24, 2.45) is 0 Å². The topological polar surface area (TPSA) is 70.2 Å². The van der Waals surface area contributed by atoms with Crippen molar-refractivity contribution >= 4 is 23.9 Å². The highest BCUT2D eigenvalue weighted by Crippen LogP contribution is 2.17. The van der Waals surface area contributed by atoms with Crippen LogP contribution in [-0.2, 0) is 0 Å². The molecule has 0 atom stereocenters. The Morgan fingerprint density at radius 3 is 2.56 bits per heavy atom. The zero-order valence-corrected chi connectivity index (χ0v) is 10.8. The van der Waals surface area contributed by atoms with Crippen molar-refractivity contribution in [1.82, 2.24) is 4.90 Å². The molecule has 0 aromatic heterocycles. The largest absolute Gasteiger partial charge is 0.357 e. The molecule has 18 heavy (non-hydrogen) atoms. The molecule has 1 N–H and O–H groups in total. The molecule has 0 spiro atoms. The van der Waals surface area contributed by atoms with Crippen LogP contribution < -0.4 is 0 Å². The standard InChI is InChI=1S/C12H15N3O2.ClH/c13-12(14-7-2-1-3-8-14)10-5-4-6-11(9-10)15(16)17;/h4-6,9,13H,1-3,7-8H2;1H. The van der Waals surface area contributed by atoms with Crippen molar-refractivity contribution in [3.05, 3.63) is 39.9 Å². The van der Waals surface area contributed by atoms with E-state index in [9.17, 15) is 10.1 Å². The first-order chi connectivity index (χ1) is 8.18. The molecule has 1 aromatic carbocycles. The van der Waals surface area contributed by atoms with Crippen LogP contribution in [0.5, 0.6) is 0 Å². The molecule has 0 bridgehead atoms. The molecule has 1 heterocycles. The zero-order chi connectivity index (χ0) is 12.3. The molecule has 0 radical (unpaired) electrons. The minimum Gasteiger partial charge on any atom is -0.357 e. The predicted octanol–water partition coefficient (Wildman–Crippen LogP) is 2.83. The molecule has 0 unspecified atom stereocenters. The first kappa shape index (κ1) is 14.4. The minimum absolute atomic E-state index is 0. The number of non-ortho nitro benzene ring substituents is 1. The number of nitrogens with zero attached hydrogens (tertiary/aromatic N) is 2. The molecule has 0 saturated carbocycles. The summed E-state index contributed by atoms with van der Waals surface area (Å²) in [5.74, 6) is 0.397. The third kappa shape index (κ3) is 3.20. The second kappa shape index (κ2) is 6.35. The highest BCUT2D eigenvalue weighted by atomic mass is 35.5. The quantitative estimate of drug-likeness (QED) is 0.388. The Bertz CT molecular complexity index is 445. The van der Waals surface area contributed by atoms with Crippen LogP contribution in [0.25, 0.3) is 0 Å². The number of nitrogens with one attached hydrogen (secondary N) is 1. The van der Waals surface area contributed by atoms with Gasteiger partial charge < -0.3 is 4.90 Å². The summed E-state index contributed by atoms with van der Waals surface area (Å²) in [7, 11) is 0. The van der Waals surface area contributed by atoms with Crippen LogP contribution in [0.2, 0.25) is 0 Å². The SMILES string of the molecule is Cl.N=C(c1cccc([N+](=O)[O-])c1)N1CCCCC1. The molecule has 0 amide bonds. The number of nitro groups is 1. The molecule has 98 valence electrons. The van der Waals surface area contributed by atoms with Gasteiger partial charge >= 0.3 is 0 Å². The Morgan fingerprint density at radius 2 is 1.94 bits per heavy atom. The lowest BCUT2D eigenvalue weighted by molar-refractivity contribution is -0.384. The number of hydrogen-bond donors (Lipinski definition) is 1. The van der Waals surface area contributed by atoms with Gasteiger partial charge in [-0.1, -0.05) is 12.1 Å². The van der Waals surface area contributed by atoms with Crippen molar-refractivity contribution in [2.45, 2.75) is 19.3 Å². The molecule has 2 rings (SSSR count). The first-order valence-electron chi connectivity index (χ1n) is 5.77. The lowest BCUT2D eigenvalue weighted by atomic mass is 10.1. The van der Waals surface area contributed by atoms with E-state index in [1.807, 2.05) is 4.90 Å². The van der Waals surface area contributed by atoms with E-state index >= 15 is 0 Å². The molecule has 0 aliphatic carbocycles. The summed E-state index contributed by atoms with van der Waals surface area (Å²) < 4.78 is 0. The number of likely N-dealkylation sites (tertiary alicyclic amines) is 1. The van der Waals surface area contributed by atoms with Crippen LogP contribution in [0.3, 0.4) is 0 Å². The zero-order valence-electron chi connectivity index (χ0n) is 9.96. The highest BCUT2D eigenvalue weighted by Gasteiger charge is 2.16. The molecule has 1 aromatic rings. The molecular weight excluding hydrogens is 254 g/mol. The normalized spacial score (nSPS) is 14.8. The Labute approximate surface area is 112 Å². The Hall–Kier alpha value is -1.62. The van der Waals surface area contributed by atoms with Crippen molar-refractivity contribution in [3.8, 4) is 0 Å². The predicted molar refractivity (Wildman–Crippen MR) is 72.6 cm³/mol. The maximum Gasteiger partial charge on any atom is 0.270 e. The van der Waals surface area contributed by atoms with Gasteiger partial charge in [-0.05, 0) is 19.3 Å². The van der Waals surface area contributed by atoms with Gasteiger partial charge in [0.15, 0.2) is 0 Å². The molecular formula is C12H16ClN3O2. The van der Waals surface area contributed by atoms with E-state index in [1.165, 1.54) is 18.6 Å². The fourth-order valence-corrected chi connectivity index (χ4v) is 2.07. The Morgan fingerprint density at radius 1 is 1.28 bits per heavy atom. The highest BCUT2D eigenvalue weighted by molar-refractivity contribution is 5.96. The maximum absolute atomic E-state index is 10.7. The number of rotatable bonds is 2. The molecule has 6 heteroatoms. The number of amidine groups is 1. The first-order valence-corrected chi connectivity index (χ1v) is 5.77. The summed E-state index contributed by atoms with van der Waals surface area (Å²) in [6.07, 6.45) is 3.40. The van der Waals surface area contributed by atoms with Gasteiger partial charge in [-0.2, -0.15) is 0 Å². The Kier molecular flexibility index (Phi) is 5.09. The smallest absolute Gasteiger partial charge is 0.270 e. The van der Waals surface area contributed by atoms with Gasteiger partial charge in [0.1, 0.15) is 5.84 Å². The molecule has 1 fully saturated rings. The summed E-state index contributed by atoms with van der Waals surface area (Å²) in [5, 5.41) is 18.7. The van der Waals surface area contributed by atoms with E-state index in [0.717, 1.165) is 25.9 Å². The summed E-state index contributed by atoms with van der Waals surface area (Å²) in [6, 6.07) is 6.31. The number of piperidine rings is 1. The van der Waals surface area contributed by atoms with Crippen molar-refractivity contribution < 1.29 is 4.92 Å².